The van der Waals surface area contributed by atoms with Gasteiger partial charge in [0.05, 0.1) is 19.8 Å². The molecule has 2 fully saturated rings. The molecule has 138 valence electrons. The summed E-state index contributed by atoms with van der Waals surface area (Å²) in [6.07, 6.45) is 1.20. The van der Waals surface area contributed by atoms with E-state index in [1.165, 1.54) is 12.0 Å². The van der Waals surface area contributed by atoms with Crippen LogP contribution in [-0.2, 0) is 4.74 Å². The normalized spacial score (nSPS) is 22.2. The number of nitrogens with zero attached hydrogens (tertiary/aromatic N) is 3. The fourth-order valence-electron chi connectivity index (χ4n) is 3.47. The zero-order valence-electron chi connectivity index (χ0n) is 15.4. The summed E-state index contributed by atoms with van der Waals surface area (Å²) in [6.45, 7) is 9.38. The zero-order chi connectivity index (χ0) is 17.5. The molecular formula is C19H30N4O2. The Morgan fingerprint density at radius 2 is 2.00 bits per heavy atom. The highest BCUT2D eigenvalue weighted by Crippen LogP contribution is 2.17. The second-order valence-corrected chi connectivity index (χ2v) is 6.67. The molecule has 2 heterocycles. The number of likely N-dealkylation sites (tertiary alicyclic amines) is 1. The molecule has 1 aromatic rings. The van der Waals surface area contributed by atoms with Gasteiger partial charge in [-0.3, -0.25) is 9.89 Å². The van der Waals surface area contributed by atoms with Crippen molar-refractivity contribution in [1.82, 2.24) is 15.1 Å². The maximum Gasteiger partial charge on any atom is 0.193 e. The lowest BCUT2D eigenvalue weighted by Gasteiger charge is -2.32. The molecule has 1 aromatic carbocycles. The van der Waals surface area contributed by atoms with E-state index in [-0.39, 0.29) is 0 Å². The van der Waals surface area contributed by atoms with E-state index in [1.807, 2.05) is 19.2 Å². The van der Waals surface area contributed by atoms with Crippen molar-refractivity contribution >= 4 is 5.96 Å². The van der Waals surface area contributed by atoms with Crippen LogP contribution in [0, 0.1) is 6.92 Å². The molecule has 25 heavy (non-hydrogen) atoms. The van der Waals surface area contributed by atoms with Gasteiger partial charge in [-0.1, -0.05) is 17.7 Å². The van der Waals surface area contributed by atoms with E-state index in [0.717, 1.165) is 57.6 Å². The third-order valence-electron chi connectivity index (χ3n) is 4.91. The predicted molar refractivity (Wildman–Crippen MR) is 100 cm³/mol. The molecule has 6 nitrogen and oxygen atoms in total. The minimum absolute atomic E-state index is 0.617. The van der Waals surface area contributed by atoms with Crippen LogP contribution in [0.25, 0.3) is 0 Å². The van der Waals surface area contributed by atoms with Crippen LogP contribution >= 0.6 is 0 Å². The average Bonchev–Trinajstić information content (AvgIpc) is 3.14. The number of nitrogens with one attached hydrogen (secondary N) is 1. The van der Waals surface area contributed by atoms with E-state index in [4.69, 9.17) is 9.47 Å². The Hall–Kier alpha value is -1.79. The third-order valence-corrected chi connectivity index (χ3v) is 4.91. The summed E-state index contributed by atoms with van der Waals surface area (Å²) < 4.78 is 11.2. The van der Waals surface area contributed by atoms with Gasteiger partial charge in [-0.2, -0.15) is 0 Å². The minimum Gasteiger partial charge on any atom is -0.492 e. The van der Waals surface area contributed by atoms with Gasteiger partial charge in [0, 0.05) is 39.3 Å². The van der Waals surface area contributed by atoms with Crippen LogP contribution in [-0.4, -0.2) is 81.4 Å². The molecule has 3 rings (SSSR count). The number of aryl methyl sites for hydroxylation is 1. The van der Waals surface area contributed by atoms with Crippen LogP contribution < -0.4 is 10.1 Å². The highest BCUT2D eigenvalue weighted by molar-refractivity contribution is 5.80. The second kappa shape index (κ2) is 9.06. The van der Waals surface area contributed by atoms with Gasteiger partial charge in [0.15, 0.2) is 5.96 Å². The molecule has 0 aliphatic carbocycles. The number of benzene rings is 1. The maximum atomic E-state index is 5.78. The van der Waals surface area contributed by atoms with E-state index in [0.29, 0.717) is 12.6 Å². The van der Waals surface area contributed by atoms with Crippen LogP contribution in [0.15, 0.2) is 29.3 Å². The summed E-state index contributed by atoms with van der Waals surface area (Å²) in [4.78, 5) is 9.34. The van der Waals surface area contributed by atoms with Crippen molar-refractivity contribution < 1.29 is 9.47 Å². The Kier molecular flexibility index (Phi) is 6.53. The van der Waals surface area contributed by atoms with Crippen LogP contribution in [0.5, 0.6) is 5.75 Å². The van der Waals surface area contributed by atoms with Gasteiger partial charge in [-0.05, 0) is 25.5 Å². The van der Waals surface area contributed by atoms with Crippen LogP contribution in [0.4, 0.5) is 0 Å². The number of morpholine rings is 1. The second-order valence-electron chi connectivity index (χ2n) is 6.67. The summed E-state index contributed by atoms with van der Waals surface area (Å²) in [6, 6.07) is 8.77. The SMILES string of the molecule is CN=C(NCCOc1ccc(C)cc1)N1CCC(N2CCOCC2)C1. The number of hydrogen-bond donors (Lipinski definition) is 1. The number of guanidine groups is 1. The monoisotopic (exact) mass is 346 g/mol. The summed E-state index contributed by atoms with van der Waals surface area (Å²) in [5.74, 6) is 1.89. The van der Waals surface area contributed by atoms with Crippen molar-refractivity contribution in [3.05, 3.63) is 29.8 Å². The Morgan fingerprint density at radius 3 is 2.72 bits per heavy atom. The largest absolute Gasteiger partial charge is 0.492 e. The van der Waals surface area contributed by atoms with Gasteiger partial charge in [0.1, 0.15) is 12.4 Å². The van der Waals surface area contributed by atoms with E-state index in [2.05, 4.69) is 39.2 Å². The number of rotatable bonds is 5. The summed E-state index contributed by atoms with van der Waals surface area (Å²) in [7, 11) is 1.85. The summed E-state index contributed by atoms with van der Waals surface area (Å²) in [5, 5.41) is 3.42. The Labute approximate surface area is 150 Å². The van der Waals surface area contributed by atoms with Crippen molar-refractivity contribution in [1.29, 1.82) is 0 Å². The van der Waals surface area contributed by atoms with E-state index in [9.17, 15) is 0 Å². The number of ether oxygens (including phenoxy) is 2. The molecule has 6 heteroatoms. The minimum atomic E-state index is 0.617. The highest BCUT2D eigenvalue weighted by atomic mass is 16.5. The first-order valence-electron chi connectivity index (χ1n) is 9.23. The Balaban J connectivity index is 1.39. The van der Waals surface area contributed by atoms with E-state index in [1.54, 1.807) is 0 Å². The molecular weight excluding hydrogens is 316 g/mol. The predicted octanol–water partition coefficient (Wildman–Crippen LogP) is 1.36. The molecule has 1 atom stereocenters. The molecule has 1 N–H and O–H groups in total. The Bertz CT molecular complexity index is 555. The van der Waals surface area contributed by atoms with Gasteiger partial charge in [0.25, 0.3) is 0 Å². The molecule has 0 spiro atoms. The van der Waals surface area contributed by atoms with Crippen LogP contribution in [0.2, 0.25) is 0 Å². The van der Waals surface area contributed by atoms with Crippen LogP contribution in [0.3, 0.4) is 0 Å². The van der Waals surface area contributed by atoms with Crippen molar-refractivity contribution in [2.45, 2.75) is 19.4 Å². The molecule has 0 aromatic heterocycles. The van der Waals surface area contributed by atoms with Gasteiger partial charge in [-0.15, -0.1) is 0 Å². The number of aliphatic imine (C=N–C) groups is 1. The molecule has 2 aliphatic heterocycles. The smallest absolute Gasteiger partial charge is 0.193 e. The standard InChI is InChI=1S/C19H30N4O2/c1-16-3-5-18(6-4-16)25-12-8-21-19(20-2)23-9-7-17(15-23)22-10-13-24-14-11-22/h3-6,17H,7-15H2,1-2H3,(H,20,21). The first-order valence-corrected chi connectivity index (χ1v) is 9.23. The molecule has 0 saturated carbocycles. The number of hydrogen-bond acceptors (Lipinski definition) is 4. The van der Waals surface area contributed by atoms with Crippen molar-refractivity contribution in [2.24, 2.45) is 4.99 Å². The van der Waals surface area contributed by atoms with Crippen molar-refractivity contribution in [3.63, 3.8) is 0 Å². The quantitative estimate of drug-likeness (QED) is 0.496. The van der Waals surface area contributed by atoms with Gasteiger partial charge < -0.3 is 19.7 Å². The van der Waals surface area contributed by atoms with Gasteiger partial charge in [-0.25, -0.2) is 0 Å². The lowest BCUT2D eigenvalue weighted by Crippen LogP contribution is -2.47. The lowest BCUT2D eigenvalue weighted by molar-refractivity contribution is 0.0195. The highest BCUT2D eigenvalue weighted by Gasteiger charge is 2.30. The molecule has 2 aliphatic rings. The van der Waals surface area contributed by atoms with Gasteiger partial charge >= 0.3 is 0 Å². The van der Waals surface area contributed by atoms with Crippen LogP contribution in [0.1, 0.15) is 12.0 Å². The maximum absolute atomic E-state index is 5.78. The first-order chi connectivity index (χ1) is 12.3. The summed E-state index contributed by atoms with van der Waals surface area (Å²) >= 11 is 0. The molecule has 0 bridgehead atoms. The topological polar surface area (TPSA) is 49.3 Å². The van der Waals surface area contributed by atoms with Crippen molar-refractivity contribution in [3.8, 4) is 5.75 Å². The third kappa shape index (κ3) is 5.09. The van der Waals surface area contributed by atoms with Crippen molar-refractivity contribution in [2.75, 3.05) is 59.6 Å². The molecule has 0 radical (unpaired) electrons. The van der Waals surface area contributed by atoms with Gasteiger partial charge in [0.2, 0.25) is 0 Å². The lowest BCUT2D eigenvalue weighted by atomic mass is 10.2. The molecule has 2 saturated heterocycles. The zero-order valence-corrected chi connectivity index (χ0v) is 15.4. The van der Waals surface area contributed by atoms with E-state index >= 15 is 0 Å². The molecule has 0 amide bonds. The van der Waals surface area contributed by atoms with E-state index < -0.39 is 0 Å². The summed E-state index contributed by atoms with van der Waals surface area (Å²) in [5.41, 5.74) is 1.25. The Morgan fingerprint density at radius 1 is 1.24 bits per heavy atom. The fraction of sp³-hybridized carbons (Fsp3) is 0.632. The average molecular weight is 346 g/mol. The first kappa shape index (κ1) is 18.0. The molecule has 1 unspecified atom stereocenters. The fourth-order valence-corrected chi connectivity index (χ4v) is 3.47.